The summed E-state index contributed by atoms with van der Waals surface area (Å²) in [4.78, 5) is 44.2. The lowest BCUT2D eigenvalue weighted by Crippen LogP contribution is -2.51. The average molecular weight is 634 g/mol. The number of aromatic amines is 2. The predicted octanol–water partition coefficient (Wildman–Crippen LogP) is 6.73. The number of methoxy groups -OCH3 is 1. The highest BCUT2D eigenvalue weighted by Crippen LogP contribution is 2.37. The number of ether oxygens (including phenoxy) is 1. The maximum absolute atomic E-state index is 13.7. The number of carbonyl (C=O) groups excluding carboxylic acids is 2. The number of nitrogens with zero attached hydrogens (tertiary/aromatic N) is 3. The summed E-state index contributed by atoms with van der Waals surface area (Å²) in [6.07, 6.45) is 3.23. The van der Waals surface area contributed by atoms with Crippen molar-refractivity contribution in [2.24, 2.45) is 17.8 Å². The number of H-pyrrole nitrogens is 2. The topological polar surface area (TPSA) is 128 Å². The van der Waals surface area contributed by atoms with Crippen molar-refractivity contribution in [3.05, 3.63) is 72.4 Å². The Morgan fingerprint density at radius 2 is 1.64 bits per heavy atom. The second kappa shape index (κ2) is 12.5. The molecule has 5 atom stereocenters. The van der Waals surface area contributed by atoms with Crippen LogP contribution in [0, 0.1) is 17.8 Å². The van der Waals surface area contributed by atoms with Crippen molar-refractivity contribution in [2.45, 2.75) is 58.7 Å². The van der Waals surface area contributed by atoms with Gasteiger partial charge in [-0.1, -0.05) is 58.0 Å². The molecule has 4 N–H and O–H groups in total. The lowest BCUT2D eigenvalue weighted by Gasteiger charge is -2.30. The second-order valence-electron chi connectivity index (χ2n) is 13.8. The number of rotatable bonds is 7. The number of likely N-dealkylation sites (tertiary alicyclic amines) is 1. The van der Waals surface area contributed by atoms with E-state index in [1.807, 2.05) is 31.0 Å². The standard InChI is InChI=1S/C37H43N7O3/c1-20(2)33(43-37(46)47-5)36(45)44-19-22(4)13-32(44)35-40-28-11-10-26(16-29(28)41-35)24-6-7-25-15-27(9-8-23(25)14-24)31-18-39-34(42-31)30-12-21(3)17-38-30/h6-11,14-16,18,20-22,30,32-33,38H,12-13,17,19H2,1-5H3,(H,39,42)(H,40,41)(H,43,46)/t21-,22-,30-,32-,33-/m0/s1. The molecule has 2 aromatic heterocycles. The summed E-state index contributed by atoms with van der Waals surface area (Å²) >= 11 is 0. The predicted molar refractivity (Wildman–Crippen MR) is 184 cm³/mol. The molecule has 2 aliphatic rings. The summed E-state index contributed by atoms with van der Waals surface area (Å²) in [7, 11) is 1.31. The molecule has 7 rings (SSSR count). The van der Waals surface area contributed by atoms with Crippen LogP contribution in [-0.2, 0) is 9.53 Å². The quantitative estimate of drug-likeness (QED) is 0.157. The Morgan fingerprint density at radius 3 is 2.36 bits per heavy atom. The molecule has 2 saturated heterocycles. The molecule has 0 radical (unpaired) electrons. The molecule has 0 unspecified atom stereocenters. The van der Waals surface area contributed by atoms with Crippen molar-refractivity contribution in [1.82, 2.24) is 35.5 Å². The van der Waals surface area contributed by atoms with Crippen molar-refractivity contribution in [3.8, 4) is 22.4 Å². The largest absolute Gasteiger partial charge is 0.453 e. The number of benzene rings is 3. The van der Waals surface area contributed by atoms with E-state index in [4.69, 9.17) is 9.72 Å². The van der Waals surface area contributed by atoms with Crippen LogP contribution in [0.25, 0.3) is 44.2 Å². The molecule has 0 saturated carbocycles. The average Bonchev–Trinajstić information content (AvgIpc) is 3.88. The summed E-state index contributed by atoms with van der Waals surface area (Å²) in [6.45, 7) is 9.89. The van der Waals surface area contributed by atoms with Gasteiger partial charge in [0.05, 0.1) is 42.1 Å². The van der Waals surface area contributed by atoms with Crippen LogP contribution in [0.2, 0.25) is 0 Å². The molecule has 0 aliphatic carbocycles. The zero-order valence-electron chi connectivity index (χ0n) is 27.6. The van der Waals surface area contributed by atoms with Crippen LogP contribution in [0.1, 0.15) is 64.3 Å². The van der Waals surface area contributed by atoms with Gasteiger partial charge in [0.15, 0.2) is 0 Å². The highest BCUT2D eigenvalue weighted by Gasteiger charge is 2.40. The fraction of sp³-hybridized carbons (Fsp3) is 0.405. The molecular weight excluding hydrogens is 590 g/mol. The molecule has 0 bridgehead atoms. The van der Waals surface area contributed by atoms with E-state index in [1.165, 1.54) is 12.5 Å². The number of nitrogens with one attached hydrogen (secondary N) is 4. The van der Waals surface area contributed by atoms with Gasteiger partial charge in [-0.3, -0.25) is 4.79 Å². The Morgan fingerprint density at radius 1 is 0.915 bits per heavy atom. The van der Waals surface area contributed by atoms with E-state index in [0.717, 1.165) is 69.8 Å². The third kappa shape index (κ3) is 6.10. The van der Waals surface area contributed by atoms with E-state index in [2.05, 4.69) is 88.0 Å². The lowest BCUT2D eigenvalue weighted by molar-refractivity contribution is -0.135. The monoisotopic (exact) mass is 633 g/mol. The number of aromatic nitrogens is 4. The molecule has 0 spiro atoms. The number of imidazole rings is 2. The Labute approximate surface area is 274 Å². The number of amides is 2. The number of hydrogen-bond donors (Lipinski definition) is 4. The van der Waals surface area contributed by atoms with Gasteiger partial charge in [0, 0.05) is 12.1 Å². The van der Waals surface area contributed by atoms with Gasteiger partial charge >= 0.3 is 6.09 Å². The van der Waals surface area contributed by atoms with Gasteiger partial charge in [-0.2, -0.15) is 0 Å². The van der Waals surface area contributed by atoms with Gasteiger partial charge in [-0.15, -0.1) is 0 Å². The Kier molecular flexibility index (Phi) is 8.21. The molecule has 244 valence electrons. The van der Waals surface area contributed by atoms with Crippen molar-refractivity contribution in [2.75, 3.05) is 20.2 Å². The van der Waals surface area contributed by atoms with Gasteiger partial charge in [0.2, 0.25) is 5.91 Å². The Hall–Kier alpha value is -4.70. The zero-order valence-corrected chi connectivity index (χ0v) is 27.6. The van der Waals surface area contributed by atoms with E-state index >= 15 is 0 Å². The Balaban J connectivity index is 1.12. The van der Waals surface area contributed by atoms with Crippen LogP contribution in [0.5, 0.6) is 0 Å². The third-order valence-corrected chi connectivity index (χ3v) is 9.76. The normalized spacial score (nSPS) is 22.0. The molecule has 2 amide bonds. The van der Waals surface area contributed by atoms with Crippen molar-refractivity contribution in [3.63, 3.8) is 0 Å². The van der Waals surface area contributed by atoms with Crippen LogP contribution < -0.4 is 10.6 Å². The number of carbonyl (C=O) groups is 2. The van der Waals surface area contributed by atoms with E-state index < -0.39 is 12.1 Å². The minimum Gasteiger partial charge on any atom is -0.453 e. The van der Waals surface area contributed by atoms with E-state index in [9.17, 15) is 9.59 Å². The zero-order chi connectivity index (χ0) is 32.8. The maximum Gasteiger partial charge on any atom is 0.407 e. The van der Waals surface area contributed by atoms with Crippen molar-refractivity contribution in [1.29, 1.82) is 0 Å². The van der Waals surface area contributed by atoms with E-state index in [-0.39, 0.29) is 17.9 Å². The van der Waals surface area contributed by atoms with Gasteiger partial charge < -0.3 is 30.2 Å². The molecule has 2 fully saturated rings. The number of alkyl carbamates (subject to hydrolysis) is 1. The summed E-state index contributed by atoms with van der Waals surface area (Å²) in [5.74, 6) is 2.54. The van der Waals surface area contributed by atoms with Crippen molar-refractivity contribution < 1.29 is 14.3 Å². The number of fused-ring (bicyclic) bond motifs is 2. The van der Waals surface area contributed by atoms with Gasteiger partial charge in [-0.05, 0) is 83.3 Å². The summed E-state index contributed by atoms with van der Waals surface area (Å²) in [5.41, 5.74) is 6.14. The molecule has 3 aromatic carbocycles. The first-order valence-corrected chi connectivity index (χ1v) is 16.6. The molecule has 2 aliphatic heterocycles. The minimum absolute atomic E-state index is 0.0913. The second-order valence-corrected chi connectivity index (χ2v) is 13.8. The molecule has 47 heavy (non-hydrogen) atoms. The summed E-state index contributed by atoms with van der Waals surface area (Å²) < 4.78 is 4.79. The van der Waals surface area contributed by atoms with Crippen LogP contribution in [0.4, 0.5) is 4.79 Å². The van der Waals surface area contributed by atoms with Gasteiger partial charge in [0.25, 0.3) is 0 Å². The molecule has 5 aromatic rings. The molecular formula is C37H43N7O3. The summed E-state index contributed by atoms with van der Waals surface area (Å²) in [5, 5.41) is 8.62. The van der Waals surface area contributed by atoms with Gasteiger partial charge in [-0.25, -0.2) is 14.8 Å². The maximum atomic E-state index is 13.7. The highest BCUT2D eigenvalue weighted by molar-refractivity contribution is 5.92. The third-order valence-electron chi connectivity index (χ3n) is 9.76. The number of hydrogen-bond acceptors (Lipinski definition) is 6. The molecule has 10 nitrogen and oxygen atoms in total. The fourth-order valence-electron chi connectivity index (χ4n) is 7.17. The molecule has 10 heteroatoms. The highest BCUT2D eigenvalue weighted by atomic mass is 16.5. The first kappa shape index (κ1) is 30.9. The van der Waals surface area contributed by atoms with Crippen LogP contribution in [-0.4, -0.2) is 63.1 Å². The van der Waals surface area contributed by atoms with Crippen LogP contribution >= 0.6 is 0 Å². The lowest BCUT2D eigenvalue weighted by atomic mass is 9.99. The first-order chi connectivity index (χ1) is 22.7. The minimum atomic E-state index is -0.676. The fourth-order valence-corrected chi connectivity index (χ4v) is 7.17. The van der Waals surface area contributed by atoms with Crippen LogP contribution in [0.15, 0.2) is 60.8 Å². The van der Waals surface area contributed by atoms with Gasteiger partial charge in [0.1, 0.15) is 17.7 Å². The van der Waals surface area contributed by atoms with E-state index in [0.29, 0.717) is 24.4 Å². The van der Waals surface area contributed by atoms with E-state index in [1.54, 1.807) is 0 Å². The van der Waals surface area contributed by atoms with Crippen LogP contribution in [0.3, 0.4) is 0 Å². The first-order valence-electron chi connectivity index (χ1n) is 16.6. The SMILES string of the molecule is COC(=O)N[C@H](C(=O)N1C[C@@H](C)C[C@H]1c1nc2ccc(-c3ccc4cc(-c5cnc([C@@H]6C[C@H](C)CN6)[nH]5)ccc4c3)cc2[nH]1)C(C)C. The molecule has 4 heterocycles. The smallest absolute Gasteiger partial charge is 0.407 e. The van der Waals surface area contributed by atoms with Crippen molar-refractivity contribution >= 4 is 33.8 Å². The Bertz CT molecular complexity index is 1940. The summed E-state index contributed by atoms with van der Waals surface area (Å²) in [6, 6.07) is 18.8.